The van der Waals surface area contributed by atoms with Crippen molar-refractivity contribution in [1.29, 1.82) is 0 Å². The maximum Gasteiger partial charge on any atom is 0.132 e. The Balaban J connectivity index is 1.93. The molecule has 4 aromatic rings. The highest BCUT2D eigenvalue weighted by molar-refractivity contribution is 9.10. The average Bonchev–Trinajstić information content (AvgIpc) is 2.80. The number of nitrogens with two attached hydrogens (primary N) is 1. The molecule has 0 fully saturated rings. The maximum atomic E-state index is 6.50. The Morgan fingerprint density at radius 1 is 0.935 bits per heavy atom. The standard InChI is InChI=1S/C27H27BrN2O/c1-3-4-13-21-24(18-10-6-5-7-11-18)27(29)30-22-16-15-20(26(28)25(21)22)17-19-12-8-9-14-23(19)31-2/h5-12,14-16H,3-4,13,17H2,1-2H3,(H2,29,30). The van der Waals surface area contributed by atoms with Crippen molar-refractivity contribution in [2.24, 2.45) is 0 Å². The zero-order chi connectivity index (χ0) is 21.8. The molecule has 31 heavy (non-hydrogen) atoms. The van der Waals surface area contributed by atoms with Crippen LogP contribution in [0.5, 0.6) is 5.75 Å². The smallest absolute Gasteiger partial charge is 0.132 e. The number of hydrogen-bond donors (Lipinski definition) is 1. The van der Waals surface area contributed by atoms with Crippen molar-refractivity contribution in [2.75, 3.05) is 12.8 Å². The van der Waals surface area contributed by atoms with E-state index in [4.69, 9.17) is 15.5 Å². The first kappa shape index (κ1) is 21.4. The third kappa shape index (κ3) is 4.31. The normalized spacial score (nSPS) is 11.1. The van der Waals surface area contributed by atoms with Gasteiger partial charge in [-0.25, -0.2) is 4.98 Å². The monoisotopic (exact) mass is 474 g/mol. The number of aryl methyl sites for hydroxylation is 1. The van der Waals surface area contributed by atoms with Crippen LogP contribution in [0.15, 0.2) is 71.2 Å². The van der Waals surface area contributed by atoms with Crippen molar-refractivity contribution >= 4 is 32.7 Å². The number of benzene rings is 3. The fourth-order valence-corrected chi connectivity index (χ4v) is 4.89. The molecule has 4 rings (SSSR count). The molecule has 3 aromatic carbocycles. The number of ether oxygens (including phenoxy) is 1. The molecule has 0 saturated carbocycles. The molecule has 0 bridgehead atoms. The molecule has 0 spiro atoms. The van der Waals surface area contributed by atoms with E-state index in [1.807, 2.05) is 18.2 Å². The van der Waals surface area contributed by atoms with Crippen LogP contribution >= 0.6 is 15.9 Å². The van der Waals surface area contributed by atoms with E-state index >= 15 is 0 Å². The first-order chi connectivity index (χ1) is 15.1. The molecular weight excluding hydrogens is 448 g/mol. The van der Waals surface area contributed by atoms with E-state index in [2.05, 4.69) is 71.4 Å². The van der Waals surface area contributed by atoms with Gasteiger partial charge >= 0.3 is 0 Å². The van der Waals surface area contributed by atoms with Gasteiger partial charge in [0.25, 0.3) is 0 Å². The van der Waals surface area contributed by atoms with Gasteiger partial charge in [0.15, 0.2) is 0 Å². The summed E-state index contributed by atoms with van der Waals surface area (Å²) in [6.07, 6.45) is 3.96. The number of anilines is 1. The summed E-state index contributed by atoms with van der Waals surface area (Å²) in [7, 11) is 1.72. The highest BCUT2D eigenvalue weighted by Gasteiger charge is 2.19. The number of aromatic nitrogens is 1. The van der Waals surface area contributed by atoms with Crippen LogP contribution in [0.2, 0.25) is 0 Å². The number of fused-ring (bicyclic) bond motifs is 1. The molecule has 0 amide bonds. The molecule has 3 nitrogen and oxygen atoms in total. The fraction of sp³-hybridized carbons (Fsp3) is 0.222. The summed E-state index contributed by atoms with van der Waals surface area (Å²) in [5, 5.41) is 1.16. The Hall–Kier alpha value is -2.85. The summed E-state index contributed by atoms with van der Waals surface area (Å²) in [4.78, 5) is 4.79. The molecule has 2 N–H and O–H groups in total. The number of pyridine rings is 1. The van der Waals surface area contributed by atoms with E-state index < -0.39 is 0 Å². The molecule has 158 valence electrons. The van der Waals surface area contributed by atoms with E-state index in [0.29, 0.717) is 5.82 Å². The van der Waals surface area contributed by atoms with E-state index in [1.54, 1.807) is 7.11 Å². The van der Waals surface area contributed by atoms with Crippen LogP contribution in [0.25, 0.3) is 22.0 Å². The van der Waals surface area contributed by atoms with E-state index in [0.717, 1.165) is 63.5 Å². The van der Waals surface area contributed by atoms with Crippen LogP contribution < -0.4 is 10.5 Å². The van der Waals surface area contributed by atoms with E-state index in [1.165, 1.54) is 11.1 Å². The Morgan fingerprint density at radius 2 is 1.68 bits per heavy atom. The summed E-state index contributed by atoms with van der Waals surface area (Å²) in [6.45, 7) is 2.22. The van der Waals surface area contributed by atoms with Gasteiger partial charge in [-0.2, -0.15) is 0 Å². The van der Waals surface area contributed by atoms with Gasteiger partial charge in [0.05, 0.1) is 12.6 Å². The van der Waals surface area contributed by atoms with Gasteiger partial charge in [-0.3, -0.25) is 0 Å². The lowest BCUT2D eigenvalue weighted by atomic mass is 9.91. The molecule has 0 aliphatic heterocycles. The van der Waals surface area contributed by atoms with Gasteiger partial charge < -0.3 is 10.5 Å². The fourth-order valence-electron chi connectivity index (χ4n) is 4.18. The van der Waals surface area contributed by atoms with Gasteiger partial charge in [-0.15, -0.1) is 0 Å². The molecule has 0 unspecified atom stereocenters. The van der Waals surface area contributed by atoms with Crippen LogP contribution in [0.1, 0.15) is 36.5 Å². The molecule has 4 heteroatoms. The first-order valence-corrected chi connectivity index (χ1v) is 11.5. The number of para-hydroxylation sites is 1. The van der Waals surface area contributed by atoms with Crippen LogP contribution in [0.3, 0.4) is 0 Å². The van der Waals surface area contributed by atoms with Gasteiger partial charge in [-0.1, -0.05) is 67.9 Å². The number of methoxy groups -OCH3 is 1. The molecule has 0 radical (unpaired) electrons. The number of nitrogen functional groups attached to an aromatic ring is 1. The van der Waals surface area contributed by atoms with Crippen LogP contribution in [-0.4, -0.2) is 12.1 Å². The highest BCUT2D eigenvalue weighted by atomic mass is 79.9. The largest absolute Gasteiger partial charge is 0.496 e. The van der Waals surface area contributed by atoms with Crippen molar-refractivity contribution < 1.29 is 4.74 Å². The number of unbranched alkanes of at least 4 members (excludes halogenated alkanes) is 1. The van der Waals surface area contributed by atoms with Gasteiger partial charge in [0.2, 0.25) is 0 Å². The van der Waals surface area contributed by atoms with Crippen LogP contribution in [-0.2, 0) is 12.8 Å². The Bertz CT molecular complexity index is 1200. The zero-order valence-corrected chi connectivity index (χ0v) is 19.6. The summed E-state index contributed by atoms with van der Waals surface area (Å²) in [6, 6.07) is 22.8. The van der Waals surface area contributed by atoms with Crippen molar-refractivity contribution in [1.82, 2.24) is 4.98 Å². The molecule has 0 aliphatic rings. The quantitative estimate of drug-likeness (QED) is 0.308. The molecule has 1 heterocycles. The number of nitrogens with zero attached hydrogens (tertiary/aromatic N) is 1. The average molecular weight is 475 g/mol. The Morgan fingerprint density at radius 3 is 2.42 bits per heavy atom. The van der Waals surface area contributed by atoms with Crippen LogP contribution in [0.4, 0.5) is 5.82 Å². The second kappa shape index (κ2) is 9.52. The van der Waals surface area contributed by atoms with Gasteiger partial charge in [0.1, 0.15) is 11.6 Å². The third-order valence-corrected chi connectivity index (χ3v) is 6.62. The van der Waals surface area contributed by atoms with Gasteiger partial charge in [0, 0.05) is 21.8 Å². The van der Waals surface area contributed by atoms with Crippen molar-refractivity contribution in [2.45, 2.75) is 32.6 Å². The second-order valence-corrected chi connectivity index (χ2v) is 8.53. The minimum absolute atomic E-state index is 0.592. The molecule has 0 atom stereocenters. The summed E-state index contributed by atoms with van der Waals surface area (Å²) in [5.41, 5.74) is 13.2. The maximum absolute atomic E-state index is 6.50. The number of halogens is 1. The summed E-state index contributed by atoms with van der Waals surface area (Å²) < 4.78 is 6.66. The number of rotatable bonds is 7. The van der Waals surface area contributed by atoms with Crippen molar-refractivity contribution in [3.63, 3.8) is 0 Å². The van der Waals surface area contributed by atoms with E-state index in [9.17, 15) is 0 Å². The molecule has 0 aliphatic carbocycles. The minimum atomic E-state index is 0.592. The van der Waals surface area contributed by atoms with Crippen molar-refractivity contribution in [3.05, 3.63) is 87.9 Å². The SMILES string of the molecule is CCCCc1c(-c2ccccc2)c(N)nc2ccc(Cc3ccccc3OC)c(Br)c12. The zero-order valence-electron chi connectivity index (χ0n) is 18.0. The minimum Gasteiger partial charge on any atom is -0.496 e. The van der Waals surface area contributed by atoms with E-state index in [-0.39, 0.29) is 0 Å². The second-order valence-electron chi connectivity index (χ2n) is 7.74. The predicted molar refractivity (Wildman–Crippen MR) is 134 cm³/mol. The third-order valence-electron chi connectivity index (χ3n) is 5.72. The lowest BCUT2D eigenvalue weighted by Gasteiger charge is -2.18. The lowest BCUT2D eigenvalue weighted by Crippen LogP contribution is -2.03. The van der Waals surface area contributed by atoms with Gasteiger partial charge in [-0.05, 0) is 63.2 Å². The predicted octanol–water partition coefficient (Wildman–Crippen LogP) is 7.19. The first-order valence-electron chi connectivity index (χ1n) is 10.7. The summed E-state index contributed by atoms with van der Waals surface area (Å²) >= 11 is 3.94. The molecular formula is C27H27BrN2O. The molecule has 0 saturated heterocycles. The van der Waals surface area contributed by atoms with Crippen molar-refractivity contribution in [3.8, 4) is 16.9 Å². The Kier molecular flexibility index (Phi) is 6.57. The topological polar surface area (TPSA) is 48.1 Å². The Labute approximate surface area is 192 Å². The highest BCUT2D eigenvalue weighted by Crippen LogP contribution is 2.40. The van der Waals surface area contributed by atoms with Crippen LogP contribution in [0, 0.1) is 0 Å². The summed E-state index contributed by atoms with van der Waals surface area (Å²) in [5.74, 6) is 1.50. The lowest BCUT2D eigenvalue weighted by molar-refractivity contribution is 0.410. The number of hydrogen-bond acceptors (Lipinski definition) is 3. The molecule has 1 aromatic heterocycles.